The Morgan fingerprint density at radius 3 is 2.80 bits per heavy atom. The Balaban J connectivity index is 1.96. The van der Waals surface area contributed by atoms with Gasteiger partial charge in [0.15, 0.2) is 0 Å². The predicted octanol–water partition coefficient (Wildman–Crippen LogP) is 3.08. The van der Waals surface area contributed by atoms with Gasteiger partial charge < -0.3 is 4.74 Å². The lowest BCUT2D eigenvalue weighted by molar-refractivity contribution is -0.117. The lowest BCUT2D eigenvalue weighted by atomic mass is 10.4. The SMILES string of the molecule is C[Si](C)(C)CCOCn1nc(Br)cc1N1CCCC1=O. The minimum absolute atomic E-state index is 0.167. The summed E-state index contributed by atoms with van der Waals surface area (Å²) in [5.74, 6) is 0.994. The number of carbonyl (C=O) groups excluding carboxylic acids is 1. The molecule has 0 atom stereocenters. The highest BCUT2D eigenvalue weighted by Crippen LogP contribution is 2.24. The molecule has 1 saturated heterocycles. The number of anilines is 1. The molecule has 0 radical (unpaired) electrons. The second-order valence-electron chi connectivity index (χ2n) is 6.32. The van der Waals surface area contributed by atoms with Gasteiger partial charge >= 0.3 is 0 Å². The minimum atomic E-state index is -1.07. The van der Waals surface area contributed by atoms with Crippen LogP contribution in [-0.2, 0) is 16.3 Å². The summed E-state index contributed by atoms with van der Waals surface area (Å²) >= 11 is 3.37. The number of hydrogen-bond acceptors (Lipinski definition) is 3. The summed E-state index contributed by atoms with van der Waals surface area (Å²) in [5, 5.41) is 4.35. The monoisotopic (exact) mass is 359 g/mol. The summed E-state index contributed by atoms with van der Waals surface area (Å²) in [6, 6.07) is 3.01. The van der Waals surface area contributed by atoms with Gasteiger partial charge in [0.2, 0.25) is 5.91 Å². The third-order valence-electron chi connectivity index (χ3n) is 3.29. The van der Waals surface area contributed by atoms with Crippen molar-refractivity contribution in [2.24, 2.45) is 0 Å². The first-order valence-corrected chi connectivity index (χ1v) is 11.5. The van der Waals surface area contributed by atoms with Crippen molar-refractivity contribution in [3.05, 3.63) is 10.7 Å². The first kappa shape index (κ1) is 15.7. The van der Waals surface area contributed by atoms with Crippen molar-refractivity contribution in [1.82, 2.24) is 9.78 Å². The number of halogens is 1. The van der Waals surface area contributed by atoms with Crippen LogP contribution >= 0.6 is 15.9 Å². The molecule has 0 saturated carbocycles. The van der Waals surface area contributed by atoms with E-state index < -0.39 is 8.07 Å². The van der Waals surface area contributed by atoms with Crippen molar-refractivity contribution in [3.63, 3.8) is 0 Å². The first-order valence-electron chi connectivity index (χ1n) is 6.98. The van der Waals surface area contributed by atoms with Crippen molar-refractivity contribution >= 4 is 35.7 Å². The normalized spacial score (nSPS) is 16.2. The van der Waals surface area contributed by atoms with E-state index >= 15 is 0 Å². The zero-order chi connectivity index (χ0) is 14.8. The van der Waals surface area contributed by atoms with Gasteiger partial charge in [-0.25, -0.2) is 4.68 Å². The van der Waals surface area contributed by atoms with Crippen molar-refractivity contribution < 1.29 is 9.53 Å². The molecule has 1 aliphatic heterocycles. The third-order valence-corrected chi connectivity index (χ3v) is 5.38. The summed E-state index contributed by atoms with van der Waals surface area (Å²) in [5.41, 5.74) is 0. The van der Waals surface area contributed by atoms with Gasteiger partial charge in [-0.2, -0.15) is 5.10 Å². The van der Waals surface area contributed by atoms with Crippen LogP contribution in [0.5, 0.6) is 0 Å². The molecule has 0 spiro atoms. The van der Waals surface area contributed by atoms with Gasteiger partial charge in [0, 0.05) is 33.7 Å². The third kappa shape index (κ3) is 4.16. The van der Waals surface area contributed by atoms with E-state index in [0.717, 1.165) is 36.0 Å². The fraction of sp³-hybridized carbons (Fsp3) is 0.692. The van der Waals surface area contributed by atoms with Crippen LogP contribution in [0.3, 0.4) is 0 Å². The van der Waals surface area contributed by atoms with E-state index in [1.807, 2.05) is 6.07 Å². The Kier molecular flexibility index (Phi) is 5.03. The Labute approximate surface area is 129 Å². The van der Waals surface area contributed by atoms with Crippen LogP contribution in [0.15, 0.2) is 10.7 Å². The van der Waals surface area contributed by atoms with E-state index in [4.69, 9.17) is 4.74 Å². The van der Waals surface area contributed by atoms with Gasteiger partial charge in [-0.15, -0.1) is 0 Å². The van der Waals surface area contributed by atoms with E-state index in [9.17, 15) is 4.79 Å². The first-order chi connectivity index (χ1) is 9.37. The summed E-state index contributed by atoms with van der Waals surface area (Å²) in [6.45, 7) is 8.90. The van der Waals surface area contributed by atoms with Gasteiger partial charge in [-0.1, -0.05) is 19.6 Å². The highest BCUT2D eigenvalue weighted by molar-refractivity contribution is 9.10. The molecule has 0 aliphatic carbocycles. The van der Waals surface area contributed by atoms with Crippen molar-refractivity contribution in [1.29, 1.82) is 0 Å². The number of carbonyl (C=O) groups is 1. The topological polar surface area (TPSA) is 47.4 Å². The standard InChI is InChI=1S/C13H22BrN3O2Si/c1-20(2,3)8-7-19-10-17-12(9-11(14)15-17)16-6-4-5-13(16)18/h9H,4-8,10H2,1-3H3. The molecule has 1 aromatic heterocycles. The molecule has 0 unspecified atom stereocenters. The molecule has 2 heterocycles. The van der Waals surface area contributed by atoms with Crippen LogP contribution in [0.25, 0.3) is 0 Å². The maximum atomic E-state index is 11.8. The molecule has 1 amide bonds. The minimum Gasteiger partial charge on any atom is -0.359 e. The lowest BCUT2D eigenvalue weighted by Gasteiger charge is -2.18. The van der Waals surface area contributed by atoms with Gasteiger partial charge in [0.25, 0.3) is 0 Å². The number of nitrogens with zero attached hydrogens (tertiary/aromatic N) is 3. The van der Waals surface area contributed by atoms with Crippen molar-refractivity contribution in [3.8, 4) is 0 Å². The molecule has 0 aromatic carbocycles. The van der Waals surface area contributed by atoms with Gasteiger partial charge in [0.1, 0.15) is 17.2 Å². The molecule has 1 aliphatic rings. The zero-order valence-corrected chi connectivity index (χ0v) is 14.9. The van der Waals surface area contributed by atoms with Crippen LogP contribution in [0.4, 0.5) is 5.82 Å². The highest BCUT2D eigenvalue weighted by Gasteiger charge is 2.25. The number of ether oxygens (including phenoxy) is 1. The predicted molar refractivity (Wildman–Crippen MR) is 85.6 cm³/mol. The van der Waals surface area contributed by atoms with Crippen LogP contribution in [0.1, 0.15) is 12.8 Å². The van der Waals surface area contributed by atoms with E-state index in [2.05, 4.69) is 40.7 Å². The maximum Gasteiger partial charge on any atom is 0.228 e. The molecule has 0 bridgehead atoms. The van der Waals surface area contributed by atoms with Crippen LogP contribution in [0, 0.1) is 0 Å². The average molecular weight is 360 g/mol. The van der Waals surface area contributed by atoms with E-state index in [-0.39, 0.29) is 5.91 Å². The largest absolute Gasteiger partial charge is 0.359 e. The summed E-state index contributed by atoms with van der Waals surface area (Å²) in [4.78, 5) is 13.6. The number of hydrogen-bond donors (Lipinski definition) is 0. The Morgan fingerprint density at radius 1 is 1.45 bits per heavy atom. The molecule has 0 N–H and O–H groups in total. The smallest absolute Gasteiger partial charge is 0.228 e. The second-order valence-corrected chi connectivity index (χ2v) is 12.8. The second kappa shape index (κ2) is 6.40. The molecule has 1 aromatic rings. The number of aromatic nitrogens is 2. The summed E-state index contributed by atoms with van der Waals surface area (Å²) < 4.78 is 8.22. The van der Waals surface area contributed by atoms with Crippen molar-refractivity contribution in [2.45, 2.75) is 45.3 Å². The number of amides is 1. The Morgan fingerprint density at radius 2 is 2.20 bits per heavy atom. The van der Waals surface area contributed by atoms with E-state index in [0.29, 0.717) is 13.2 Å². The fourth-order valence-electron chi connectivity index (χ4n) is 2.11. The molecular weight excluding hydrogens is 338 g/mol. The quantitative estimate of drug-likeness (QED) is 0.579. The maximum absolute atomic E-state index is 11.8. The van der Waals surface area contributed by atoms with Crippen LogP contribution < -0.4 is 4.90 Å². The molecular formula is C13H22BrN3O2Si. The summed E-state index contributed by atoms with van der Waals surface area (Å²) in [7, 11) is -1.07. The highest BCUT2D eigenvalue weighted by atomic mass is 79.9. The van der Waals surface area contributed by atoms with Crippen LogP contribution in [0.2, 0.25) is 25.7 Å². The average Bonchev–Trinajstić information content (AvgIpc) is 2.89. The molecule has 2 rings (SSSR count). The van der Waals surface area contributed by atoms with Crippen LogP contribution in [-0.4, -0.2) is 36.9 Å². The Hall–Kier alpha value is -0.663. The molecule has 1 fully saturated rings. The molecule has 5 nitrogen and oxygen atoms in total. The summed E-state index contributed by atoms with van der Waals surface area (Å²) in [6.07, 6.45) is 1.54. The Bertz CT molecular complexity index is 484. The fourth-order valence-corrected chi connectivity index (χ4v) is 3.26. The molecule has 20 heavy (non-hydrogen) atoms. The lowest BCUT2D eigenvalue weighted by Crippen LogP contribution is -2.27. The molecule has 112 valence electrons. The van der Waals surface area contributed by atoms with E-state index in [1.165, 1.54) is 0 Å². The zero-order valence-electron chi connectivity index (χ0n) is 12.4. The van der Waals surface area contributed by atoms with Gasteiger partial charge in [-0.3, -0.25) is 9.69 Å². The van der Waals surface area contributed by atoms with Gasteiger partial charge in [0.05, 0.1) is 0 Å². The van der Waals surface area contributed by atoms with Crippen molar-refractivity contribution in [2.75, 3.05) is 18.1 Å². The van der Waals surface area contributed by atoms with E-state index in [1.54, 1.807) is 9.58 Å². The number of rotatable bonds is 6. The molecule has 7 heteroatoms. The van der Waals surface area contributed by atoms with Gasteiger partial charge in [-0.05, 0) is 28.4 Å².